The van der Waals surface area contributed by atoms with E-state index in [0.717, 1.165) is 13.0 Å². The monoisotopic (exact) mass is 294 g/mol. The molecule has 1 aromatic rings. The topological polar surface area (TPSA) is 42.3 Å². The second kappa shape index (κ2) is 5.71. The van der Waals surface area contributed by atoms with Gasteiger partial charge in [-0.3, -0.25) is 4.68 Å². The molecule has 1 aliphatic heterocycles. The summed E-state index contributed by atoms with van der Waals surface area (Å²) in [7, 11) is 6.18. The number of rotatable bonds is 5. The van der Waals surface area contributed by atoms with E-state index in [1.54, 1.807) is 0 Å². The first-order valence-corrected chi connectivity index (χ1v) is 7.69. The third-order valence-corrected chi connectivity index (χ3v) is 4.36. The largest absolute Gasteiger partial charge is 0.368 e. The summed E-state index contributed by atoms with van der Waals surface area (Å²) in [6, 6.07) is 0.685. The molecule has 1 fully saturated rings. The predicted molar refractivity (Wildman–Crippen MR) is 85.3 cm³/mol. The van der Waals surface area contributed by atoms with Crippen LogP contribution in [0.25, 0.3) is 0 Å². The van der Waals surface area contributed by atoms with Crippen LogP contribution in [-0.2, 0) is 11.8 Å². The highest BCUT2D eigenvalue weighted by atomic mass is 16.5. The molecular formula is C16H30N4O. The molecule has 2 atom stereocenters. The van der Waals surface area contributed by atoms with Crippen LogP contribution in [0.5, 0.6) is 0 Å². The zero-order valence-electron chi connectivity index (χ0n) is 14.5. The number of aromatic nitrogens is 2. The Morgan fingerprint density at radius 2 is 2.10 bits per heavy atom. The second-order valence-corrected chi connectivity index (χ2v) is 7.56. The molecule has 21 heavy (non-hydrogen) atoms. The summed E-state index contributed by atoms with van der Waals surface area (Å²) >= 11 is 0. The van der Waals surface area contributed by atoms with Crippen molar-refractivity contribution in [2.24, 2.45) is 7.05 Å². The average Bonchev–Trinajstić information content (AvgIpc) is 2.80. The molecule has 2 heterocycles. The number of nitrogens with one attached hydrogen (secondary N) is 1. The van der Waals surface area contributed by atoms with Gasteiger partial charge in [-0.1, -0.05) is 0 Å². The van der Waals surface area contributed by atoms with Crippen LogP contribution in [0, 0.1) is 0 Å². The Hall–Kier alpha value is -0.910. The molecular weight excluding hydrogens is 264 g/mol. The fourth-order valence-electron chi connectivity index (χ4n) is 3.34. The molecule has 0 bridgehead atoms. The van der Waals surface area contributed by atoms with Crippen molar-refractivity contribution < 1.29 is 4.74 Å². The van der Waals surface area contributed by atoms with Crippen LogP contribution in [0.2, 0.25) is 0 Å². The lowest BCUT2D eigenvalue weighted by atomic mass is 9.94. The number of hydrogen-bond acceptors (Lipinski definition) is 4. The minimum Gasteiger partial charge on any atom is -0.368 e. The minimum absolute atomic E-state index is 0.0525. The Morgan fingerprint density at radius 1 is 1.43 bits per heavy atom. The number of nitrogens with zero attached hydrogens (tertiary/aromatic N) is 3. The van der Waals surface area contributed by atoms with Crippen LogP contribution in [-0.4, -0.2) is 52.6 Å². The van der Waals surface area contributed by atoms with Crippen LogP contribution in [0.3, 0.4) is 0 Å². The van der Waals surface area contributed by atoms with Gasteiger partial charge in [0.15, 0.2) is 0 Å². The Kier molecular flexibility index (Phi) is 4.47. The van der Waals surface area contributed by atoms with Crippen LogP contribution >= 0.6 is 0 Å². The molecule has 1 saturated heterocycles. The number of ether oxygens (including phenoxy) is 1. The zero-order chi connectivity index (χ0) is 15.8. The summed E-state index contributed by atoms with van der Waals surface area (Å²) in [5.41, 5.74) is 1.06. The maximum Gasteiger partial charge on any atom is 0.0787 e. The van der Waals surface area contributed by atoms with Gasteiger partial charge in [0, 0.05) is 37.4 Å². The summed E-state index contributed by atoms with van der Waals surface area (Å²) in [5, 5.41) is 8.00. The zero-order valence-corrected chi connectivity index (χ0v) is 14.5. The van der Waals surface area contributed by atoms with E-state index >= 15 is 0 Å². The molecule has 0 spiro atoms. The molecule has 0 saturated carbocycles. The number of aryl methyl sites for hydroxylation is 1. The van der Waals surface area contributed by atoms with E-state index < -0.39 is 0 Å². The smallest absolute Gasteiger partial charge is 0.0787 e. The van der Waals surface area contributed by atoms with Crippen molar-refractivity contribution in [3.63, 3.8) is 0 Å². The molecule has 1 N–H and O–H groups in total. The third kappa shape index (κ3) is 3.84. The highest BCUT2D eigenvalue weighted by Gasteiger charge is 2.45. The maximum atomic E-state index is 6.16. The standard InChI is InChI=1S/C16H30N4O/c1-15(2)8-14(16(3,4)21-15)17-10-13(19(5)6)12-9-18-20(7)11-12/h9,11,13-14,17H,8,10H2,1-7H3/t13-,14+/m0/s1. The molecule has 0 aliphatic carbocycles. The highest BCUT2D eigenvalue weighted by molar-refractivity contribution is 5.11. The van der Waals surface area contributed by atoms with E-state index in [-0.39, 0.29) is 11.2 Å². The summed E-state index contributed by atoms with van der Waals surface area (Å²) in [5.74, 6) is 0. The minimum atomic E-state index is -0.130. The quantitative estimate of drug-likeness (QED) is 0.901. The predicted octanol–water partition coefficient (Wildman–Crippen LogP) is 1.96. The lowest BCUT2D eigenvalue weighted by molar-refractivity contribution is -0.0700. The molecule has 2 rings (SSSR count). The van der Waals surface area contributed by atoms with Crippen LogP contribution in [0.15, 0.2) is 12.4 Å². The van der Waals surface area contributed by atoms with Gasteiger partial charge in [0.1, 0.15) is 0 Å². The van der Waals surface area contributed by atoms with E-state index in [2.05, 4.69) is 63.3 Å². The van der Waals surface area contributed by atoms with Gasteiger partial charge in [0.05, 0.1) is 17.4 Å². The first-order valence-electron chi connectivity index (χ1n) is 7.69. The Balaban J connectivity index is 2.03. The van der Waals surface area contributed by atoms with Gasteiger partial charge in [-0.05, 0) is 48.2 Å². The van der Waals surface area contributed by atoms with Gasteiger partial charge in [-0.25, -0.2) is 0 Å². The summed E-state index contributed by atoms with van der Waals surface area (Å²) < 4.78 is 8.02. The van der Waals surface area contributed by atoms with Crippen molar-refractivity contribution in [1.29, 1.82) is 0 Å². The van der Waals surface area contributed by atoms with E-state index in [9.17, 15) is 0 Å². The van der Waals surface area contributed by atoms with E-state index in [4.69, 9.17) is 4.74 Å². The first-order chi connectivity index (χ1) is 9.61. The second-order valence-electron chi connectivity index (χ2n) is 7.56. The van der Waals surface area contributed by atoms with Crippen LogP contribution < -0.4 is 5.32 Å². The highest BCUT2D eigenvalue weighted by Crippen LogP contribution is 2.37. The lowest BCUT2D eigenvalue weighted by Gasteiger charge is -2.30. The van der Waals surface area contributed by atoms with Crippen molar-refractivity contribution in [2.45, 2.75) is 57.4 Å². The maximum absolute atomic E-state index is 6.16. The normalized spacial score (nSPS) is 25.4. The lowest BCUT2D eigenvalue weighted by Crippen LogP contribution is -2.46. The SMILES string of the molecule is CN(C)[C@@H](CN[C@@H]1CC(C)(C)OC1(C)C)c1cnn(C)c1. The van der Waals surface area contributed by atoms with Gasteiger partial charge in [0.25, 0.3) is 0 Å². The molecule has 120 valence electrons. The van der Waals surface area contributed by atoms with E-state index in [0.29, 0.717) is 12.1 Å². The summed E-state index contributed by atoms with van der Waals surface area (Å²) in [4.78, 5) is 2.23. The molecule has 0 radical (unpaired) electrons. The Labute approximate surface area is 128 Å². The van der Waals surface area contributed by atoms with Crippen molar-refractivity contribution in [2.75, 3.05) is 20.6 Å². The molecule has 0 unspecified atom stereocenters. The summed E-state index contributed by atoms with van der Waals surface area (Å²) in [6.45, 7) is 9.58. The van der Waals surface area contributed by atoms with Gasteiger partial charge >= 0.3 is 0 Å². The molecule has 1 aromatic heterocycles. The van der Waals surface area contributed by atoms with E-state index in [1.807, 2.05) is 17.9 Å². The average molecular weight is 294 g/mol. The van der Waals surface area contributed by atoms with Crippen molar-refractivity contribution in [3.05, 3.63) is 18.0 Å². The van der Waals surface area contributed by atoms with Crippen LogP contribution in [0.4, 0.5) is 0 Å². The summed E-state index contributed by atoms with van der Waals surface area (Å²) in [6.07, 6.45) is 5.08. The number of hydrogen-bond donors (Lipinski definition) is 1. The Bertz CT molecular complexity index is 478. The first kappa shape index (κ1) is 16.5. The molecule has 5 nitrogen and oxygen atoms in total. The molecule has 5 heteroatoms. The van der Waals surface area contributed by atoms with E-state index in [1.165, 1.54) is 5.56 Å². The van der Waals surface area contributed by atoms with Crippen molar-refractivity contribution in [3.8, 4) is 0 Å². The van der Waals surface area contributed by atoms with Gasteiger partial charge < -0.3 is 15.0 Å². The Morgan fingerprint density at radius 3 is 2.52 bits per heavy atom. The van der Waals surface area contributed by atoms with Gasteiger partial charge in [0.2, 0.25) is 0 Å². The van der Waals surface area contributed by atoms with Crippen molar-refractivity contribution >= 4 is 0 Å². The molecule has 0 amide bonds. The van der Waals surface area contributed by atoms with Crippen LogP contribution in [0.1, 0.15) is 45.7 Å². The van der Waals surface area contributed by atoms with Crippen molar-refractivity contribution in [1.82, 2.24) is 20.0 Å². The molecule has 0 aromatic carbocycles. The fraction of sp³-hybridized carbons (Fsp3) is 0.812. The van der Waals surface area contributed by atoms with Gasteiger partial charge in [-0.15, -0.1) is 0 Å². The fourth-order valence-corrected chi connectivity index (χ4v) is 3.34. The van der Waals surface area contributed by atoms with Gasteiger partial charge in [-0.2, -0.15) is 5.10 Å². The number of likely N-dealkylation sites (N-methyl/N-ethyl adjacent to an activating group) is 1. The molecule has 1 aliphatic rings. The third-order valence-electron chi connectivity index (χ3n) is 4.36.